The molecule has 1 aromatic heterocycles. The van der Waals surface area contributed by atoms with Crippen LogP contribution in [-0.2, 0) is 0 Å². The van der Waals surface area contributed by atoms with Crippen molar-refractivity contribution in [3.8, 4) is 0 Å². The van der Waals surface area contributed by atoms with Crippen molar-refractivity contribution in [1.82, 2.24) is 9.36 Å². The number of nitrogens with one attached hydrogen (secondary N) is 3. The summed E-state index contributed by atoms with van der Waals surface area (Å²) in [5, 5.41) is 8.01. The van der Waals surface area contributed by atoms with E-state index in [4.69, 9.17) is 0 Å². The minimum Gasteiger partial charge on any atom is -0.335 e. The number of urea groups is 1. The molecule has 0 fully saturated rings. The van der Waals surface area contributed by atoms with Crippen LogP contribution in [0.4, 0.5) is 27.1 Å². The first-order valence-electron chi connectivity index (χ1n) is 7.90. The number of para-hydroxylation sites is 1. The first kappa shape index (κ1) is 18.2. The van der Waals surface area contributed by atoms with Gasteiger partial charge in [0.15, 0.2) is 5.78 Å². The van der Waals surface area contributed by atoms with Gasteiger partial charge in [0.25, 0.3) is 0 Å². The van der Waals surface area contributed by atoms with Gasteiger partial charge in [-0.1, -0.05) is 18.2 Å². The molecule has 1 heterocycles. The molecule has 136 valence electrons. The van der Waals surface area contributed by atoms with Crippen LogP contribution in [-0.4, -0.2) is 21.2 Å². The smallest absolute Gasteiger partial charge is 0.325 e. The van der Waals surface area contributed by atoms with E-state index >= 15 is 0 Å². The van der Waals surface area contributed by atoms with Gasteiger partial charge in [-0.2, -0.15) is 9.36 Å². The molecular weight excluding hydrogens is 366 g/mol. The van der Waals surface area contributed by atoms with Gasteiger partial charge in [-0.15, -0.1) is 0 Å². The van der Waals surface area contributed by atoms with Gasteiger partial charge in [0.05, 0.1) is 0 Å². The summed E-state index contributed by atoms with van der Waals surface area (Å²) >= 11 is 0.870. The van der Waals surface area contributed by atoms with Crippen LogP contribution in [0.1, 0.15) is 17.3 Å². The second kappa shape index (κ2) is 8.19. The Morgan fingerprint density at radius 2 is 1.63 bits per heavy atom. The summed E-state index contributed by atoms with van der Waals surface area (Å²) in [4.78, 5) is 39.1. The maximum atomic E-state index is 12.1. The summed E-state index contributed by atoms with van der Waals surface area (Å²) in [7, 11) is 0. The summed E-state index contributed by atoms with van der Waals surface area (Å²) in [6, 6.07) is 15.0. The molecule has 0 atom stereocenters. The maximum absolute atomic E-state index is 12.1. The number of anilines is 4. The number of benzene rings is 2. The van der Waals surface area contributed by atoms with E-state index < -0.39 is 11.6 Å². The molecule has 3 rings (SSSR count). The second-order valence-electron chi connectivity index (χ2n) is 5.46. The number of Topliss-reactive ketones (excluding diaryl/α,β-unsaturated/α-hetero) is 1. The number of hydrogen-bond acceptors (Lipinski definition) is 7. The lowest BCUT2D eigenvalue weighted by Crippen LogP contribution is -2.22. The van der Waals surface area contributed by atoms with Gasteiger partial charge in [-0.05, 0) is 43.3 Å². The van der Waals surface area contributed by atoms with Gasteiger partial charge in [-0.25, -0.2) is 4.79 Å². The molecule has 0 spiro atoms. The third-order valence-corrected chi connectivity index (χ3v) is 4.08. The van der Waals surface area contributed by atoms with Gasteiger partial charge in [0.1, 0.15) is 0 Å². The molecule has 8 nitrogen and oxygen atoms in total. The lowest BCUT2D eigenvalue weighted by Gasteiger charge is -2.07. The molecule has 9 heteroatoms. The molecule has 27 heavy (non-hydrogen) atoms. The third-order valence-electron chi connectivity index (χ3n) is 3.44. The highest BCUT2D eigenvalue weighted by Crippen LogP contribution is 2.15. The second-order valence-corrected chi connectivity index (χ2v) is 6.21. The number of rotatable bonds is 5. The predicted octanol–water partition coefficient (Wildman–Crippen LogP) is 3.49. The van der Waals surface area contributed by atoms with E-state index in [2.05, 4.69) is 25.3 Å². The van der Waals surface area contributed by atoms with Gasteiger partial charge in [0.2, 0.25) is 10.9 Å². The third kappa shape index (κ3) is 4.95. The molecular formula is C18H15N5O3S. The van der Waals surface area contributed by atoms with Crippen molar-refractivity contribution in [2.45, 2.75) is 6.92 Å². The number of nitrogens with zero attached hydrogens (tertiary/aromatic N) is 2. The summed E-state index contributed by atoms with van der Waals surface area (Å²) in [6.07, 6.45) is 0. The number of hydrogen-bond donors (Lipinski definition) is 3. The van der Waals surface area contributed by atoms with E-state index in [1.807, 2.05) is 6.07 Å². The predicted molar refractivity (Wildman–Crippen MR) is 105 cm³/mol. The largest absolute Gasteiger partial charge is 0.335 e. The first-order valence-corrected chi connectivity index (χ1v) is 8.68. The Morgan fingerprint density at radius 3 is 2.26 bits per heavy atom. The zero-order valence-electron chi connectivity index (χ0n) is 14.2. The maximum Gasteiger partial charge on any atom is 0.325 e. The van der Waals surface area contributed by atoms with Gasteiger partial charge >= 0.3 is 11.6 Å². The van der Waals surface area contributed by atoms with E-state index in [-0.39, 0.29) is 16.7 Å². The van der Waals surface area contributed by atoms with Gasteiger partial charge in [-0.3, -0.25) is 14.9 Å². The van der Waals surface area contributed by atoms with E-state index in [1.54, 1.807) is 48.5 Å². The highest BCUT2D eigenvalue weighted by atomic mass is 32.1. The van der Waals surface area contributed by atoms with Crippen LogP contribution in [0.5, 0.6) is 0 Å². The summed E-state index contributed by atoms with van der Waals surface area (Å²) < 4.78 is 4.04. The SMILES string of the molecule is CC(=O)c1ccc(Nc2nsc(NC(=O)Nc3ccccc3)nc2=O)cc1. The van der Waals surface area contributed by atoms with E-state index in [9.17, 15) is 14.4 Å². The Kier molecular flexibility index (Phi) is 5.53. The number of aromatic nitrogens is 2. The monoisotopic (exact) mass is 381 g/mol. The fourth-order valence-corrected chi connectivity index (χ4v) is 2.69. The van der Waals surface area contributed by atoms with Crippen molar-refractivity contribution < 1.29 is 9.59 Å². The number of ketones is 1. The molecule has 0 aliphatic heterocycles. The summed E-state index contributed by atoms with van der Waals surface area (Å²) in [5.41, 5.74) is 1.17. The van der Waals surface area contributed by atoms with E-state index in [0.29, 0.717) is 16.9 Å². The van der Waals surface area contributed by atoms with E-state index in [0.717, 1.165) is 11.5 Å². The molecule has 3 aromatic rings. The van der Waals surface area contributed by atoms with Crippen molar-refractivity contribution in [3.05, 3.63) is 70.5 Å². The number of amides is 2. The molecule has 0 aliphatic carbocycles. The molecule has 0 radical (unpaired) electrons. The quantitative estimate of drug-likeness (QED) is 0.583. The van der Waals surface area contributed by atoms with Crippen molar-refractivity contribution in [1.29, 1.82) is 0 Å². The molecule has 3 N–H and O–H groups in total. The Balaban J connectivity index is 1.65. The van der Waals surface area contributed by atoms with Crippen LogP contribution in [0.3, 0.4) is 0 Å². The Bertz CT molecular complexity index is 1020. The topological polar surface area (TPSA) is 113 Å². The van der Waals surface area contributed by atoms with Gasteiger partial charge in [0, 0.05) is 28.5 Å². The summed E-state index contributed by atoms with van der Waals surface area (Å²) in [5.74, 6) is -0.0122. The standard InChI is InChI=1S/C18H15N5O3S/c1-11(24)12-7-9-14(10-8-12)19-15-16(25)21-18(27-23-15)22-17(26)20-13-5-3-2-4-6-13/h2-10H,1H3,(H,19,23)(H2,20,21,22,25,26). The summed E-state index contributed by atoms with van der Waals surface area (Å²) in [6.45, 7) is 1.48. The normalized spacial score (nSPS) is 10.1. The zero-order valence-corrected chi connectivity index (χ0v) is 15.0. The molecule has 2 aromatic carbocycles. The van der Waals surface area contributed by atoms with Crippen molar-refractivity contribution >= 4 is 45.7 Å². The minimum absolute atomic E-state index is 0.0320. The van der Waals surface area contributed by atoms with Crippen LogP contribution in [0.15, 0.2) is 59.4 Å². The molecule has 0 unspecified atom stereocenters. The Morgan fingerprint density at radius 1 is 0.926 bits per heavy atom. The molecule has 0 saturated heterocycles. The highest BCUT2D eigenvalue weighted by molar-refractivity contribution is 7.09. The van der Waals surface area contributed by atoms with Crippen LogP contribution >= 0.6 is 11.5 Å². The molecule has 0 saturated carbocycles. The Labute approximate surface area is 158 Å². The minimum atomic E-state index is -0.612. The van der Waals surface area contributed by atoms with Crippen molar-refractivity contribution in [2.75, 3.05) is 16.0 Å². The van der Waals surface area contributed by atoms with Crippen LogP contribution in [0.25, 0.3) is 0 Å². The van der Waals surface area contributed by atoms with Crippen LogP contribution < -0.4 is 21.5 Å². The number of carbonyl (C=O) groups excluding carboxylic acids is 2. The number of carbonyl (C=O) groups is 2. The lowest BCUT2D eigenvalue weighted by atomic mass is 10.1. The lowest BCUT2D eigenvalue weighted by molar-refractivity contribution is 0.101. The van der Waals surface area contributed by atoms with Crippen molar-refractivity contribution in [3.63, 3.8) is 0 Å². The molecule has 0 aliphatic rings. The Hall–Kier alpha value is -3.59. The fraction of sp³-hybridized carbons (Fsp3) is 0.0556. The molecule has 2 amide bonds. The first-order chi connectivity index (χ1) is 13.0. The van der Waals surface area contributed by atoms with Crippen molar-refractivity contribution in [2.24, 2.45) is 0 Å². The van der Waals surface area contributed by atoms with E-state index in [1.165, 1.54) is 6.92 Å². The van der Waals surface area contributed by atoms with Crippen LogP contribution in [0.2, 0.25) is 0 Å². The molecule has 0 bridgehead atoms. The van der Waals surface area contributed by atoms with Crippen LogP contribution in [0, 0.1) is 0 Å². The average Bonchev–Trinajstić information content (AvgIpc) is 2.65. The fourth-order valence-electron chi connectivity index (χ4n) is 2.13. The zero-order chi connectivity index (χ0) is 19.2. The van der Waals surface area contributed by atoms with Gasteiger partial charge < -0.3 is 10.6 Å². The average molecular weight is 381 g/mol. The highest BCUT2D eigenvalue weighted by Gasteiger charge is 2.09.